The number of piperidine rings is 1. The van der Waals surface area contributed by atoms with Crippen molar-refractivity contribution in [3.63, 3.8) is 0 Å². The molecule has 1 saturated heterocycles. The van der Waals surface area contributed by atoms with E-state index in [9.17, 15) is 13.2 Å². The topological polar surface area (TPSA) is 78.5 Å². The third kappa shape index (κ3) is 4.03. The monoisotopic (exact) mass is 331 g/mol. The van der Waals surface area contributed by atoms with Crippen LogP contribution in [0.1, 0.15) is 19.8 Å². The quantitative estimate of drug-likeness (QED) is 0.829. The average Bonchev–Trinajstić information content (AvgIpc) is 3.01. The summed E-state index contributed by atoms with van der Waals surface area (Å²) in [5.41, 5.74) is 0. The molecule has 2 N–H and O–H groups in total. The summed E-state index contributed by atoms with van der Waals surface area (Å²) in [6, 6.07) is 2.90. The van der Waals surface area contributed by atoms with Crippen molar-refractivity contribution in [1.82, 2.24) is 14.9 Å². The molecule has 1 amide bonds. The van der Waals surface area contributed by atoms with Gasteiger partial charge in [-0.15, -0.1) is 11.3 Å². The van der Waals surface area contributed by atoms with E-state index in [1.165, 1.54) is 6.07 Å². The minimum Gasteiger partial charge on any atom is -0.341 e. The van der Waals surface area contributed by atoms with Crippen molar-refractivity contribution >= 4 is 27.3 Å². The second-order valence-electron chi connectivity index (χ2n) is 5.16. The smallest absolute Gasteiger partial charge is 0.250 e. The van der Waals surface area contributed by atoms with E-state index < -0.39 is 16.1 Å². The molecular weight excluding hydrogens is 310 g/mol. The lowest BCUT2D eigenvalue weighted by Crippen LogP contribution is -2.51. The van der Waals surface area contributed by atoms with Crippen LogP contribution >= 0.6 is 11.3 Å². The molecule has 2 heterocycles. The highest BCUT2D eigenvalue weighted by Crippen LogP contribution is 2.17. The SMILES string of the molecule is CNC1CCN(C(=O)C(C)NS(=O)(=O)c2cccs2)CC1. The zero-order valence-electron chi connectivity index (χ0n) is 12.2. The molecule has 1 atom stereocenters. The number of nitrogens with zero attached hydrogens (tertiary/aromatic N) is 1. The second kappa shape index (κ2) is 6.87. The fourth-order valence-corrected chi connectivity index (χ4v) is 4.63. The van der Waals surface area contributed by atoms with Crippen LogP contribution in [0.2, 0.25) is 0 Å². The molecule has 0 saturated carbocycles. The summed E-state index contributed by atoms with van der Waals surface area (Å²) < 4.78 is 26.9. The number of thiophene rings is 1. The van der Waals surface area contributed by atoms with E-state index in [0.717, 1.165) is 24.2 Å². The van der Waals surface area contributed by atoms with Crippen LogP contribution in [-0.4, -0.2) is 51.4 Å². The molecule has 0 spiro atoms. The molecule has 6 nitrogen and oxygen atoms in total. The van der Waals surface area contributed by atoms with Gasteiger partial charge in [-0.05, 0) is 38.3 Å². The standard InChI is InChI=1S/C13H21N3O3S2/c1-10(15-21(18,19)12-4-3-9-20-12)13(17)16-7-5-11(14-2)6-8-16/h3-4,9-11,14-15H,5-8H2,1-2H3. The Kier molecular flexibility index (Phi) is 5.37. The molecule has 8 heteroatoms. The predicted octanol–water partition coefficient (Wildman–Crippen LogP) is 0.625. The van der Waals surface area contributed by atoms with E-state index in [2.05, 4.69) is 10.0 Å². The molecule has 0 aromatic carbocycles. The predicted molar refractivity (Wildman–Crippen MR) is 82.8 cm³/mol. The van der Waals surface area contributed by atoms with Gasteiger partial charge in [0, 0.05) is 19.1 Å². The molecular formula is C13H21N3O3S2. The molecule has 0 radical (unpaired) electrons. The lowest BCUT2D eigenvalue weighted by atomic mass is 10.0. The van der Waals surface area contributed by atoms with E-state index in [1.54, 1.807) is 23.3 Å². The summed E-state index contributed by atoms with van der Waals surface area (Å²) in [5.74, 6) is -0.162. The number of sulfonamides is 1. The number of nitrogens with one attached hydrogen (secondary N) is 2. The summed E-state index contributed by atoms with van der Waals surface area (Å²) in [5, 5.41) is 4.90. The fourth-order valence-electron chi connectivity index (χ4n) is 2.42. The normalized spacial score (nSPS) is 18.7. The largest absolute Gasteiger partial charge is 0.341 e. The molecule has 1 aliphatic heterocycles. The number of carbonyl (C=O) groups excluding carboxylic acids is 1. The molecule has 0 aliphatic carbocycles. The van der Waals surface area contributed by atoms with Crippen LogP contribution in [0.25, 0.3) is 0 Å². The highest BCUT2D eigenvalue weighted by atomic mass is 32.2. The Balaban J connectivity index is 1.94. The molecule has 1 fully saturated rings. The first-order chi connectivity index (χ1) is 9.94. The number of rotatable bonds is 5. The van der Waals surface area contributed by atoms with Crippen LogP contribution in [0.4, 0.5) is 0 Å². The summed E-state index contributed by atoms with van der Waals surface area (Å²) in [4.78, 5) is 14.1. The van der Waals surface area contributed by atoms with Crippen LogP contribution in [0, 0.1) is 0 Å². The third-order valence-corrected chi connectivity index (χ3v) is 6.62. The highest BCUT2D eigenvalue weighted by molar-refractivity contribution is 7.91. The minimum absolute atomic E-state index is 0.162. The first kappa shape index (κ1) is 16.4. The molecule has 1 unspecified atom stereocenters. The first-order valence-corrected chi connectivity index (χ1v) is 9.32. The van der Waals surface area contributed by atoms with Gasteiger partial charge in [0.15, 0.2) is 0 Å². The van der Waals surface area contributed by atoms with Crippen molar-refractivity contribution in [3.05, 3.63) is 17.5 Å². The van der Waals surface area contributed by atoms with Gasteiger partial charge < -0.3 is 10.2 Å². The summed E-state index contributed by atoms with van der Waals surface area (Å²) >= 11 is 1.14. The van der Waals surface area contributed by atoms with Gasteiger partial charge in [0.25, 0.3) is 10.0 Å². The van der Waals surface area contributed by atoms with E-state index in [1.807, 2.05) is 7.05 Å². The summed E-state index contributed by atoms with van der Waals surface area (Å²) in [6.45, 7) is 2.92. The number of likely N-dealkylation sites (tertiary alicyclic amines) is 1. The van der Waals surface area contributed by atoms with Gasteiger partial charge in [-0.1, -0.05) is 6.07 Å². The van der Waals surface area contributed by atoms with Gasteiger partial charge >= 0.3 is 0 Å². The zero-order chi connectivity index (χ0) is 15.5. The van der Waals surface area contributed by atoms with Crippen molar-refractivity contribution in [2.24, 2.45) is 0 Å². The number of hydrogen-bond acceptors (Lipinski definition) is 5. The summed E-state index contributed by atoms with van der Waals surface area (Å²) in [7, 11) is -1.69. The number of hydrogen-bond donors (Lipinski definition) is 2. The van der Waals surface area contributed by atoms with Crippen molar-refractivity contribution in [1.29, 1.82) is 0 Å². The van der Waals surface area contributed by atoms with Crippen LogP contribution < -0.4 is 10.0 Å². The van der Waals surface area contributed by atoms with Crippen molar-refractivity contribution < 1.29 is 13.2 Å². The van der Waals surface area contributed by atoms with Crippen molar-refractivity contribution in [2.75, 3.05) is 20.1 Å². The Morgan fingerprint density at radius 1 is 1.43 bits per heavy atom. The maximum Gasteiger partial charge on any atom is 0.250 e. The highest BCUT2D eigenvalue weighted by Gasteiger charge is 2.28. The molecule has 1 aromatic rings. The van der Waals surface area contributed by atoms with Gasteiger partial charge in [-0.3, -0.25) is 4.79 Å². The number of amides is 1. The minimum atomic E-state index is -3.61. The average molecular weight is 331 g/mol. The molecule has 1 aromatic heterocycles. The van der Waals surface area contributed by atoms with Gasteiger partial charge in [-0.2, -0.15) is 4.72 Å². The Bertz CT molecular complexity index is 563. The van der Waals surface area contributed by atoms with Crippen LogP contribution in [-0.2, 0) is 14.8 Å². The Morgan fingerprint density at radius 2 is 2.10 bits per heavy atom. The Hall–Kier alpha value is -0.960. The van der Waals surface area contributed by atoms with Crippen molar-refractivity contribution in [2.45, 2.75) is 36.1 Å². The van der Waals surface area contributed by atoms with Gasteiger partial charge in [-0.25, -0.2) is 8.42 Å². The van der Waals surface area contributed by atoms with Crippen molar-refractivity contribution in [3.8, 4) is 0 Å². The molecule has 2 rings (SSSR count). The van der Waals surface area contributed by atoms with Gasteiger partial charge in [0.1, 0.15) is 4.21 Å². The lowest BCUT2D eigenvalue weighted by Gasteiger charge is -2.33. The lowest BCUT2D eigenvalue weighted by molar-refractivity contribution is -0.133. The molecule has 1 aliphatic rings. The molecule has 118 valence electrons. The first-order valence-electron chi connectivity index (χ1n) is 6.96. The maximum absolute atomic E-state index is 12.3. The number of carbonyl (C=O) groups is 1. The van der Waals surface area contributed by atoms with E-state index >= 15 is 0 Å². The van der Waals surface area contributed by atoms with Gasteiger partial charge in [0.2, 0.25) is 5.91 Å². The Morgan fingerprint density at radius 3 is 2.62 bits per heavy atom. The van der Waals surface area contributed by atoms with E-state index in [4.69, 9.17) is 0 Å². The van der Waals surface area contributed by atoms with E-state index in [0.29, 0.717) is 19.1 Å². The molecule has 0 bridgehead atoms. The zero-order valence-corrected chi connectivity index (χ0v) is 13.8. The third-order valence-electron chi connectivity index (χ3n) is 3.68. The van der Waals surface area contributed by atoms with Crippen LogP contribution in [0.15, 0.2) is 21.7 Å². The Labute approximate surface area is 129 Å². The van der Waals surface area contributed by atoms with E-state index in [-0.39, 0.29) is 10.1 Å². The van der Waals surface area contributed by atoms with Crippen LogP contribution in [0.5, 0.6) is 0 Å². The maximum atomic E-state index is 12.3. The van der Waals surface area contributed by atoms with Gasteiger partial charge in [0.05, 0.1) is 6.04 Å². The second-order valence-corrected chi connectivity index (χ2v) is 8.05. The molecule has 21 heavy (non-hydrogen) atoms. The fraction of sp³-hybridized carbons (Fsp3) is 0.615. The summed E-state index contributed by atoms with van der Waals surface area (Å²) in [6.07, 6.45) is 1.79. The van der Waals surface area contributed by atoms with Crippen LogP contribution in [0.3, 0.4) is 0 Å².